The number of amides is 1. The molecule has 2 aliphatic rings. The highest BCUT2D eigenvalue weighted by Crippen LogP contribution is 2.45. The van der Waals surface area contributed by atoms with Crippen LogP contribution in [0, 0.1) is 11.8 Å². The summed E-state index contributed by atoms with van der Waals surface area (Å²) in [4.78, 5) is 38.9. The minimum Gasteiger partial charge on any atom is -0.457 e. The van der Waals surface area contributed by atoms with Crippen molar-refractivity contribution in [2.45, 2.75) is 51.0 Å². The van der Waals surface area contributed by atoms with Crippen molar-refractivity contribution in [2.75, 3.05) is 5.75 Å². The topological polar surface area (TPSA) is 81.7 Å². The van der Waals surface area contributed by atoms with Crippen LogP contribution in [0.1, 0.15) is 32.6 Å². The highest BCUT2D eigenvalue weighted by atomic mass is 32.2. The van der Waals surface area contributed by atoms with E-state index in [2.05, 4.69) is 5.48 Å². The second-order valence-corrected chi connectivity index (χ2v) is 7.12. The zero-order valence-electron chi connectivity index (χ0n) is 14.1. The van der Waals surface area contributed by atoms with Crippen molar-refractivity contribution >= 4 is 29.3 Å². The lowest BCUT2D eigenvalue weighted by Crippen LogP contribution is -2.49. The number of aldehydes is 1. The van der Waals surface area contributed by atoms with Gasteiger partial charge in [0.25, 0.3) is 0 Å². The molecule has 0 radical (unpaired) electrons. The number of hydrogen-bond acceptors (Lipinski definition) is 6. The molecule has 2 rings (SSSR count). The number of ether oxygens (including phenoxy) is 1. The molecule has 1 aliphatic heterocycles. The number of carbonyl (C=O) groups excluding carboxylic acids is 3. The van der Waals surface area contributed by atoms with Gasteiger partial charge >= 0.3 is 17.4 Å². The number of fused-ring (bicyclic) bond motifs is 1. The summed E-state index contributed by atoms with van der Waals surface area (Å²) in [6.45, 7) is 1.86. The van der Waals surface area contributed by atoms with Gasteiger partial charge in [0.15, 0.2) is 0 Å². The van der Waals surface area contributed by atoms with Crippen LogP contribution in [0.2, 0.25) is 0 Å². The van der Waals surface area contributed by atoms with E-state index in [9.17, 15) is 27.6 Å². The second-order valence-electron chi connectivity index (χ2n) is 6.12. The summed E-state index contributed by atoms with van der Waals surface area (Å²) in [6.07, 6.45) is -3.61. The first-order chi connectivity index (χ1) is 12.3. The molecule has 1 N–H and O–H groups in total. The Labute approximate surface area is 152 Å². The van der Waals surface area contributed by atoms with E-state index in [0.717, 1.165) is 0 Å². The smallest absolute Gasteiger partial charge is 0.396 e. The largest absolute Gasteiger partial charge is 0.457 e. The quantitative estimate of drug-likeness (QED) is 0.322. The third kappa shape index (κ3) is 5.00. The number of rotatable bonds is 6. The predicted molar refractivity (Wildman–Crippen MR) is 87.1 cm³/mol. The molecule has 0 bridgehead atoms. The Bertz CT molecular complexity index is 581. The van der Waals surface area contributed by atoms with Gasteiger partial charge in [-0.2, -0.15) is 13.2 Å². The lowest BCUT2D eigenvalue weighted by atomic mass is 9.74. The zero-order chi connectivity index (χ0) is 19.3. The highest BCUT2D eigenvalue weighted by Gasteiger charge is 2.53. The molecule has 26 heavy (non-hydrogen) atoms. The molecule has 1 saturated heterocycles. The Morgan fingerprint density at radius 1 is 1.50 bits per heavy atom. The van der Waals surface area contributed by atoms with Crippen molar-refractivity contribution in [3.05, 3.63) is 11.6 Å². The molecule has 6 nitrogen and oxygen atoms in total. The maximum atomic E-state index is 13.3. The van der Waals surface area contributed by atoms with Gasteiger partial charge in [0.05, 0.1) is 24.2 Å². The van der Waals surface area contributed by atoms with Crippen LogP contribution in [0.5, 0.6) is 0 Å². The normalized spacial score (nSPS) is 28.6. The summed E-state index contributed by atoms with van der Waals surface area (Å²) in [5, 5.41) is -0.573. The molecule has 146 valence electrons. The van der Waals surface area contributed by atoms with Crippen molar-refractivity contribution in [1.29, 1.82) is 0 Å². The second kappa shape index (κ2) is 8.90. The molecule has 0 spiro atoms. The predicted octanol–water partition coefficient (Wildman–Crippen LogP) is 3.17. The Balaban J connectivity index is 2.15. The molecule has 10 heteroatoms. The number of alkyl halides is 3. The number of nitrogens with one attached hydrogen (secondary N) is 1. The summed E-state index contributed by atoms with van der Waals surface area (Å²) in [7, 11) is 0. The highest BCUT2D eigenvalue weighted by molar-refractivity contribution is 8.14. The Morgan fingerprint density at radius 2 is 2.23 bits per heavy atom. The molecule has 0 saturated carbocycles. The fourth-order valence-corrected chi connectivity index (χ4v) is 3.66. The fourth-order valence-electron chi connectivity index (χ4n) is 3.33. The molecule has 1 fully saturated rings. The molecule has 4 atom stereocenters. The number of hydroxylamine groups is 1. The van der Waals surface area contributed by atoms with Gasteiger partial charge < -0.3 is 9.53 Å². The minimum atomic E-state index is -4.52. The van der Waals surface area contributed by atoms with Crippen LogP contribution in [0.4, 0.5) is 18.0 Å². The van der Waals surface area contributed by atoms with E-state index >= 15 is 0 Å². The molecule has 1 aliphatic carbocycles. The van der Waals surface area contributed by atoms with E-state index in [1.165, 1.54) is 6.08 Å². The van der Waals surface area contributed by atoms with Crippen LogP contribution in [0.25, 0.3) is 0 Å². The number of carbonyl (C=O) groups is 3. The van der Waals surface area contributed by atoms with Crippen LogP contribution in [0.15, 0.2) is 11.6 Å². The lowest BCUT2D eigenvalue weighted by molar-refractivity contribution is -0.198. The van der Waals surface area contributed by atoms with Gasteiger partial charge in [-0.3, -0.25) is 14.4 Å². The van der Waals surface area contributed by atoms with Crippen LogP contribution in [0.3, 0.4) is 0 Å². The first kappa shape index (κ1) is 20.8. The average Bonchev–Trinajstić information content (AvgIpc) is 2.58. The third-order valence-corrected chi connectivity index (χ3v) is 5.05. The van der Waals surface area contributed by atoms with Crippen LogP contribution in [-0.2, 0) is 19.2 Å². The van der Waals surface area contributed by atoms with Crippen LogP contribution < -0.4 is 5.48 Å². The van der Waals surface area contributed by atoms with E-state index in [-0.39, 0.29) is 17.7 Å². The molecular formula is C16H20F3NO5S. The Kier molecular flexibility index (Phi) is 7.10. The van der Waals surface area contributed by atoms with Crippen LogP contribution >= 0.6 is 11.8 Å². The first-order valence-corrected chi connectivity index (χ1v) is 9.24. The van der Waals surface area contributed by atoms with Gasteiger partial charge in [-0.05, 0) is 18.4 Å². The SMILES string of the molecule is CCCC1C(ONC(=O)SCC=O)CC=C2C1OC(=O)CC2C(F)(F)F. The number of halogens is 3. The Hall–Kier alpha value is -1.55. The number of esters is 1. The van der Waals surface area contributed by atoms with Crippen molar-refractivity contribution in [2.24, 2.45) is 11.8 Å². The van der Waals surface area contributed by atoms with Gasteiger partial charge in [0.1, 0.15) is 12.4 Å². The maximum Gasteiger partial charge on any atom is 0.396 e. The molecule has 1 amide bonds. The van der Waals surface area contributed by atoms with E-state index in [0.29, 0.717) is 30.9 Å². The first-order valence-electron chi connectivity index (χ1n) is 8.26. The zero-order valence-corrected chi connectivity index (χ0v) is 14.9. The average molecular weight is 395 g/mol. The summed E-state index contributed by atoms with van der Waals surface area (Å²) in [6, 6.07) is 0. The minimum absolute atomic E-state index is 0.0319. The van der Waals surface area contributed by atoms with Gasteiger partial charge in [0, 0.05) is 5.92 Å². The molecule has 1 heterocycles. The van der Waals surface area contributed by atoms with Gasteiger partial charge in [-0.25, -0.2) is 5.48 Å². The molecule has 0 aromatic carbocycles. The monoisotopic (exact) mass is 395 g/mol. The summed E-state index contributed by atoms with van der Waals surface area (Å²) in [5.74, 6) is -3.26. The van der Waals surface area contributed by atoms with Crippen molar-refractivity contribution in [3.8, 4) is 0 Å². The third-order valence-electron chi connectivity index (χ3n) is 4.41. The van der Waals surface area contributed by atoms with E-state index < -0.39 is 47.8 Å². The standard InChI is InChI=1S/C16H20F3NO5S/c1-2-3-10-12(25-20-15(23)26-7-6-21)5-4-9-11(16(17,18)19)8-13(22)24-14(9)10/h4,6,10-12,14H,2-3,5,7-8H2,1H3,(H,20,23). The molecule has 4 unspecified atom stereocenters. The molecular weight excluding hydrogens is 375 g/mol. The van der Waals surface area contributed by atoms with E-state index in [1.54, 1.807) is 0 Å². The van der Waals surface area contributed by atoms with Crippen molar-refractivity contribution in [3.63, 3.8) is 0 Å². The van der Waals surface area contributed by atoms with Gasteiger partial charge in [-0.1, -0.05) is 31.2 Å². The summed E-state index contributed by atoms with van der Waals surface area (Å²) in [5.41, 5.74) is 2.26. The molecule has 0 aromatic rings. The van der Waals surface area contributed by atoms with E-state index in [4.69, 9.17) is 9.57 Å². The van der Waals surface area contributed by atoms with Gasteiger partial charge in [0.2, 0.25) is 0 Å². The number of hydrogen-bond donors (Lipinski definition) is 1. The van der Waals surface area contributed by atoms with Crippen LogP contribution in [-0.4, -0.2) is 41.6 Å². The van der Waals surface area contributed by atoms with Crippen molar-refractivity contribution < 1.29 is 37.1 Å². The molecule has 0 aromatic heterocycles. The van der Waals surface area contributed by atoms with Crippen molar-refractivity contribution in [1.82, 2.24) is 5.48 Å². The summed E-state index contributed by atoms with van der Waals surface area (Å²) < 4.78 is 45.1. The van der Waals surface area contributed by atoms with E-state index in [1.807, 2.05) is 6.92 Å². The van der Waals surface area contributed by atoms with Gasteiger partial charge in [-0.15, -0.1) is 0 Å². The summed E-state index contributed by atoms with van der Waals surface area (Å²) >= 11 is 0.714. The maximum absolute atomic E-state index is 13.3. The fraction of sp³-hybridized carbons (Fsp3) is 0.688. The lowest BCUT2D eigenvalue weighted by Gasteiger charge is -2.42. The Morgan fingerprint density at radius 3 is 2.85 bits per heavy atom. The number of thioether (sulfide) groups is 1.